The fraction of sp³-hybridized carbons (Fsp3) is 0.500. The van der Waals surface area contributed by atoms with Crippen molar-refractivity contribution < 1.29 is 9.53 Å². The molecule has 0 unspecified atom stereocenters. The Bertz CT molecular complexity index is 368. The Morgan fingerprint density at radius 3 is 2.59 bits per heavy atom. The maximum atomic E-state index is 11.6. The van der Waals surface area contributed by atoms with Crippen LogP contribution in [0.5, 0.6) is 5.88 Å². The van der Waals surface area contributed by atoms with E-state index in [2.05, 4.69) is 15.6 Å². The summed E-state index contributed by atoms with van der Waals surface area (Å²) in [5, 5.41) is 5.85. The first-order valence-electron chi connectivity index (χ1n) is 5.45. The quantitative estimate of drug-likeness (QED) is 0.831. The van der Waals surface area contributed by atoms with Crippen LogP contribution in [0.3, 0.4) is 0 Å². The topological polar surface area (TPSA) is 63.2 Å². The van der Waals surface area contributed by atoms with Crippen molar-refractivity contribution in [2.45, 2.75) is 26.3 Å². The number of hydrogen-bond donors (Lipinski definition) is 2. The summed E-state index contributed by atoms with van der Waals surface area (Å²) >= 11 is 0. The predicted molar refractivity (Wildman–Crippen MR) is 67.2 cm³/mol. The van der Waals surface area contributed by atoms with Crippen molar-refractivity contribution in [1.29, 1.82) is 0 Å². The average Bonchev–Trinajstić information content (AvgIpc) is 2.27. The van der Waals surface area contributed by atoms with Gasteiger partial charge in [-0.25, -0.2) is 4.98 Å². The molecule has 17 heavy (non-hydrogen) atoms. The number of hydrogen-bond acceptors (Lipinski definition) is 4. The predicted octanol–water partition coefficient (Wildman–Crippen LogP) is 1.42. The van der Waals surface area contributed by atoms with Crippen LogP contribution in [0.1, 0.15) is 20.8 Å². The molecule has 0 saturated carbocycles. The van der Waals surface area contributed by atoms with Gasteiger partial charge in [0.05, 0.1) is 25.5 Å². The molecule has 0 aliphatic rings. The number of carbonyl (C=O) groups excluding carboxylic acids is 1. The molecular weight excluding hydrogens is 218 g/mol. The molecule has 1 aromatic heterocycles. The number of rotatable bonds is 4. The zero-order valence-corrected chi connectivity index (χ0v) is 10.7. The molecule has 5 heteroatoms. The Labute approximate surface area is 102 Å². The lowest BCUT2D eigenvalue weighted by molar-refractivity contribution is -0.115. The van der Waals surface area contributed by atoms with Crippen LogP contribution in [-0.4, -0.2) is 30.1 Å². The lowest BCUT2D eigenvalue weighted by Gasteiger charge is -2.19. The average molecular weight is 237 g/mol. The van der Waals surface area contributed by atoms with Gasteiger partial charge in [0.15, 0.2) is 0 Å². The minimum Gasteiger partial charge on any atom is -0.481 e. The molecule has 0 spiro atoms. The van der Waals surface area contributed by atoms with Gasteiger partial charge in [-0.3, -0.25) is 4.79 Å². The second-order valence-corrected chi connectivity index (χ2v) is 4.74. The van der Waals surface area contributed by atoms with Gasteiger partial charge >= 0.3 is 0 Å². The molecule has 1 amide bonds. The molecule has 0 aromatic carbocycles. The fourth-order valence-corrected chi connectivity index (χ4v) is 1.13. The Hall–Kier alpha value is -1.62. The van der Waals surface area contributed by atoms with E-state index >= 15 is 0 Å². The van der Waals surface area contributed by atoms with Gasteiger partial charge in [0, 0.05) is 11.6 Å². The van der Waals surface area contributed by atoms with Crippen LogP contribution in [-0.2, 0) is 4.79 Å². The summed E-state index contributed by atoms with van der Waals surface area (Å²) in [5.74, 6) is 0.433. The summed E-state index contributed by atoms with van der Waals surface area (Å²) in [6.45, 7) is 6.30. The summed E-state index contributed by atoms with van der Waals surface area (Å²) in [7, 11) is 1.55. The molecule has 0 bridgehead atoms. The first-order chi connectivity index (χ1) is 7.90. The van der Waals surface area contributed by atoms with Crippen molar-refractivity contribution in [2.24, 2.45) is 0 Å². The molecular formula is C12H19N3O2. The van der Waals surface area contributed by atoms with Gasteiger partial charge < -0.3 is 15.4 Å². The summed E-state index contributed by atoms with van der Waals surface area (Å²) in [4.78, 5) is 15.6. The highest BCUT2D eigenvalue weighted by molar-refractivity contribution is 5.92. The van der Waals surface area contributed by atoms with Crippen LogP contribution in [0.4, 0.5) is 5.69 Å². The number of carbonyl (C=O) groups is 1. The molecule has 5 nitrogen and oxygen atoms in total. The van der Waals surface area contributed by atoms with Crippen LogP contribution < -0.4 is 15.4 Å². The van der Waals surface area contributed by atoms with Crippen molar-refractivity contribution in [1.82, 2.24) is 10.3 Å². The van der Waals surface area contributed by atoms with E-state index in [4.69, 9.17) is 4.74 Å². The van der Waals surface area contributed by atoms with Gasteiger partial charge in [0.1, 0.15) is 0 Å². The van der Waals surface area contributed by atoms with Crippen LogP contribution in [0.15, 0.2) is 18.3 Å². The maximum Gasteiger partial charge on any atom is 0.238 e. The second-order valence-electron chi connectivity index (χ2n) is 4.74. The van der Waals surface area contributed by atoms with Gasteiger partial charge in [-0.05, 0) is 26.8 Å². The largest absolute Gasteiger partial charge is 0.481 e. The smallest absolute Gasteiger partial charge is 0.238 e. The molecule has 1 heterocycles. The number of aromatic nitrogens is 1. The highest BCUT2D eigenvalue weighted by atomic mass is 16.5. The Morgan fingerprint density at radius 1 is 1.41 bits per heavy atom. The number of amides is 1. The fourth-order valence-electron chi connectivity index (χ4n) is 1.13. The highest BCUT2D eigenvalue weighted by Gasteiger charge is 2.11. The summed E-state index contributed by atoms with van der Waals surface area (Å²) in [6.07, 6.45) is 1.56. The van der Waals surface area contributed by atoms with E-state index in [9.17, 15) is 4.79 Å². The number of pyridine rings is 1. The van der Waals surface area contributed by atoms with E-state index in [1.54, 1.807) is 25.4 Å². The van der Waals surface area contributed by atoms with E-state index in [1.165, 1.54) is 0 Å². The number of nitrogens with zero attached hydrogens (tertiary/aromatic N) is 1. The van der Waals surface area contributed by atoms with Crippen LogP contribution in [0.2, 0.25) is 0 Å². The third kappa shape index (κ3) is 5.31. The zero-order chi connectivity index (χ0) is 12.9. The summed E-state index contributed by atoms with van der Waals surface area (Å²) in [5.41, 5.74) is 0.585. The second kappa shape index (κ2) is 5.63. The Kier molecular flexibility index (Phi) is 4.45. The lowest BCUT2D eigenvalue weighted by Crippen LogP contribution is -2.41. The molecule has 2 N–H and O–H groups in total. The van der Waals surface area contributed by atoms with Gasteiger partial charge in [-0.15, -0.1) is 0 Å². The van der Waals surface area contributed by atoms with Crippen LogP contribution >= 0.6 is 0 Å². The van der Waals surface area contributed by atoms with Crippen molar-refractivity contribution in [3.05, 3.63) is 18.3 Å². The minimum absolute atomic E-state index is 0.0739. The van der Waals surface area contributed by atoms with Crippen molar-refractivity contribution in [2.75, 3.05) is 19.0 Å². The molecule has 0 aliphatic heterocycles. The van der Waals surface area contributed by atoms with Crippen molar-refractivity contribution in [3.63, 3.8) is 0 Å². The van der Waals surface area contributed by atoms with E-state index in [0.29, 0.717) is 11.6 Å². The lowest BCUT2D eigenvalue weighted by atomic mass is 10.1. The molecule has 94 valence electrons. The Balaban J connectivity index is 2.45. The maximum absolute atomic E-state index is 11.6. The van der Waals surface area contributed by atoms with Gasteiger partial charge in [0.2, 0.25) is 11.8 Å². The van der Waals surface area contributed by atoms with Gasteiger partial charge in [-0.1, -0.05) is 0 Å². The van der Waals surface area contributed by atoms with E-state index in [0.717, 1.165) is 0 Å². The van der Waals surface area contributed by atoms with Crippen molar-refractivity contribution >= 4 is 11.6 Å². The SMILES string of the molecule is COc1ccc(NC(=O)CNC(C)(C)C)cn1. The van der Waals surface area contributed by atoms with Gasteiger partial charge in [-0.2, -0.15) is 0 Å². The summed E-state index contributed by atoms with van der Waals surface area (Å²) in [6, 6.07) is 3.45. The normalized spacial score (nSPS) is 11.1. The highest BCUT2D eigenvalue weighted by Crippen LogP contribution is 2.10. The van der Waals surface area contributed by atoms with Gasteiger partial charge in [0.25, 0.3) is 0 Å². The third-order valence-electron chi connectivity index (χ3n) is 2.01. The first-order valence-corrected chi connectivity index (χ1v) is 5.45. The number of methoxy groups -OCH3 is 1. The third-order valence-corrected chi connectivity index (χ3v) is 2.01. The number of ether oxygens (including phenoxy) is 1. The van der Waals surface area contributed by atoms with Crippen LogP contribution in [0.25, 0.3) is 0 Å². The summed E-state index contributed by atoms with van der Waals surface area (Å²) < 4.78 is 4.93. The standard InChI is InChI=1S/C12H19N3O2/c1-12(2,3)14-8-10(16)15-9-5-6-11(17-4)13-7-9/h5-7,14H,8H2,1-4H3,(H,15,16). The van der Waals surface area contributed by atoms with E-state index in [1.807, 2.05) is 20.8 Å². The molecule has 1 rings (SSSR count). The van der Waals surface area contributed by atoms with E-state index in [-0.39, 0.29) is 18.0 Å². The monoisotopic (exact) mass is 237 g/mol. The van der Waals surface area contributed by atoms with Crippen LogP contribution in [0, 0.1) is 0 Å². The Morgan fingerprint density at radius 2 is 2.12 bits per heavy atom. The zero-order valence-electron chi connectivity index (χ0n) is 10.7. The first kappa shape index (κ1) is 13.4. The van der Waals surface area contributed by atoms with Crippen molar-refractivity contribution in [3.8, 4) is 5.88 Å². The minimum atomic E-state index is -0.0908. The molecule has 0 saturated heterocycles. The molecule has 0 radical (unpaired) electrons. The number of nitrogens with one attached hydrogen (secondary N) is 2. The number of anilines is 1. The van der Waals surface area contributed by atoms with E-state index < -0.39 is 0 Å². The molecule has 0 atom stereocenters. The molecule has 0 aliphatic carbocycles. The molecule has 1 aromatic rings. The molecule has 0 fully saturated rings.